The largest absolute Gasteiger partial charge is 0.497 e. The van der Waals surface area contributed by atoms with Crippen LogP contribution in [0.1, 0.15) is 5.56 Å². The predicted octanol–water partition coefficient (Wildman–Crippen LogP) is 2.45. The topological polar surface area (TPSA) is 84.9 Å². The van der Waals surface area contributed by atoms with Gasteiger partial charge in [-0.1, -0.05) is 0 Å². The van der Waals surface area contributed by atoms with E-state index >= 15 is 0 Å². The molecule has 0 radical (unpaired) electrons. The van der Waals surface area contributed by atoms with Crippen molar-refractivity contribution in [3.05, 3.63) is 53.8 Å². The van der Waals surface area contributed by atoms with Crippen LogP contribution in [0, 0.1) is 12.7 Å². The average Bonchev–Trinajstić information content (AvgIpc) is 3.01. The highest BCUT2D eigenvalue weighted by Crippen LogP contribution is 2.23. The monoisotopic (exact) mass is 394 g/mol. The van der Waals surface area contributed by atoms with Crippen LogP contribution in [0.4, 0.5) is 14.9 Å². The van der Waals surface area contributed by atoms with Crippen molar-refractivity contribution < 1.29 is 27.1 Å². The zero-order chi connectivity index (χ0) is 19.6. The van der Waals surface area contributed by atoms with Crippen LogP contribution in [0.2, 0.25) is 0 Å². The zero-order valence-electron chi connectivity index (χ0n) is 14.8. The number of aryl methyl sites for hydroxylation is 1. The molecule has 1 heterocycles. The number of anilines is 1. The predicted molar refractivity (Wildman–Crippen MR) is 96.9 cm³/mol. The summed E-state index contributed by atoms with van der Waals surface area (Å²) in [4.78, 5) is 13.5. The van der Waals surface area contributed by atoms with Crippen molar-refractivity contribution in [2.24, 2.45) is 0 Å². The first kappa shape index (κ1) is 19.1. The number of nitrogens with zero attached hydrogens (tertiary/aromatic N) is 1. The SMILES string of the molecule is COc1ccc(S(=O)(=O)NCC2CN(c3ccc(F)cc3)C(=O)O2)c(C)c1. The van der Waals surface area contributed by atoms with Gasteiger partial charge in [-0.2, -0.15) is 0 Å². The third kappa shape index (κ3) is 4.20. The third-order valence-corrected chi connectivity index (χ3v) is 5.77. The van der Waals surface area contributed by atoms with E-state index in [1.165, 1.54) is 42.3 Å². The lowest BCUT2D eigenvalue weighted by atomic mass is 10.2. The molecule has 1 fully saturated rings. The molecule has 0 saturated carbocycles. The lowest BCUT2D eigenvalue weighted by Crippen LogP contribution is -2.34. The molecule has 1 aliphatic heterocycles. The summed E-state index contributed by atoms with van der Waals surface area (Å²) in [5.41, 5.74) is 1.02. The van der Waals surface area contributed by atoms with Crippen LogP contribution in [0.15, 0.2) is 47.4 Å². The highest BCUT2D eigenvalue weighted by Gasteiger charge is 2.33. The molecule has 3 rings (SSSR count). The third-order valence-electron chi connectivity index (χ3n) is 4.19. The van der Waals surface area contributed by atoms with E-state index in [0.29, 0.717) is 17.0 Å². The van der Waals surface area contributed by atoms with E-state index in [0.717, 1.165) is 0 Å². The molecule has 1 N–H and O–H groups in total. The maximum Gasteiger partial charge on any atom is 0.414 e. The van der Waals surface area contributed by atoms with E-state index < -0.39 is 28.0 Å². The summed E-state index contributed by atoms with van der Waals surface area (Å²) in [6, 6.07) is 10.1. The van der Waals surface area contributed by atoms with E-state index in [1.54, 1.807) is 19.1 Å². The van der Waals surface area contributed by atoms with Gasteiger partial charge in [-0.15, -0.1) is 0 Å². The molecule has 2 aromatic rings. The first-order valence-electron chi connectivity index (χ1n) is 8.18. The number of halogens is 1. The molecule has 1 unspecified atom stereocenters. The average molecular weight is 394 g/mol. The molecule has 1 amide bonds. The number of hydrogen-bond donors (Lipinski definition) is 1. The second-order valence-electron chi connectivity index (χ2n) is 6.08. The minimum absolute atomic E-state index is 0.0722. The second kappa shape index (κ2) is 7.53. The lowest BCUT2D eigenvalue weighted by molar-refractivity contribution is 0.143. The van der Waals surface area contributed by atoms with Gasteiger partial charge in [-0.3, -0.25) is 4.90 Å². The number of amides is 1. The quantitative estimate of drug-likeness (QED) is 0.814. The van der Waals surface area contributed by atoms with Gasteiger partial charge >= 0.3 is 6.09 Å². The number of cyclic esters (lactones) is 1. The summed E-state index contributed by atoms with van der Waals surface area (Å²) in [6.07, 6.45) is -1.26. The molecule has 1 aliphatic rings. The van der Waals surface area contributed by atoms with Gasteiger partial charge in [0.25, 0.3) is 0 Å². The Morgan fingerprint density at radius 1 is 1.26 bits per heavy atom. The highest BCUT2D eigenvalue weighted by molar-refractivity contribution is 7.89. The van der Waals surface area contributed by atoms with Crippen LogP contribution in [0.25, 0.3) is 0 Å². The molecule has 1 saturated heterocycles. The molecule has 2 aromatic carbocycles. The lowest BCUT2D eigenvalue weighted by Gasteiger charge is -2.14. The number of carbonyl (C=O) groups excluding carboxylic acids is 1. The van der Waals surface area contributed by atoms with E-state index in [-0.39, 0.29) is 18.0 Å². The number of sulfonamides is 1. The molecule has 0 aliphatic carbocycles. The smallest absolute Gasteiger partial charge is 0.414 e. The first-order valence-corrected chi connectivity index (χ1v) is 9.66. The molecule has 0 aromatic heterocycles. The number of ether oxygens (including phenoxy) is 2. The fraction of sp³-hybridized carbons (Fsp3) is 0.278. The Balaban J connectivity index is 1.66. The Bertz CT molecular complexity index is 947. The summed E-state index contributed by atoms with van der Waals surface area (Å²) >= 11 is 0. The number of methoxy groups -OCH3 is 1. The molecule has 0 spiro atoms. The van der Waals surface area contributed by atoms with Gasteiger partial charge in [0.1, 0.15) is 17.7 Å². The van der Waals surface area contributed by atoms with Crippen LogP contribution in [-0.4, -0.2) is 40.8 Å². The normalized spacial score (nSPS) is 17.1. The highest BCUT2D eigenvalue weighted by atomic mass is 32.2. The summed E-state index contributed by atoms with van der Waals surface area (Å²) in [6.45, 7) is 1.76. The summed E-state index contributed by atoms with van der Waals surface area (Å²) in [5.74, 6) is 0.150. The fourth-order valence-electron chi connectivity index (χ4n) is 2.79. The first-order chi connectivity index (χ1) is 12.8. The van der Waals surface area contributed by atoms with Crippen LogP contribution < -0.4 is 14.4 Å². The summed E-state index contributed by atoms with van der Waals surface area (Å²) in [7, 11) is -2.27. The van der Waals surface area contributed by atoms with Crippen molar-refractivity contribution in [2.45, 2.75) is 17.9 Å². The van der Waals surface area contributed by atoms with Crippen LogP contribution in [0.3, 0.4) is 0 Å². The summed E-state index contributed by atoms with van der Waals surface area (Å²) < 4.78 is 50.8. The molecule has 7 nitrogen and oxygen atoms in total. The standard InChI is InChI=1S/C18H19FN2O5S/c1-12-9-15(25-2)7-8-17(12)27(23,24)20-10-16-11-21(18(22)26-16)14-5-3-13(19)4-6-14/h3-9,16,20H,10-11H2,1-2H3. The molecule has 144 valence electrons. The van der Waals surface area contributed by atoms with Gasteiger partial charge in [0.05, 0.1) is 18.6 Å². The Hall–Kier alpha value is -2.65. The summed E-state index contributed by atoms with van der Waals surface area (Å²) in [5, 5.41) is 0. The van der Waals surface area contributed by atoms with E-state index in [9.17, 15) is 17.6 Å². The Kier molecular flexibility index (Phi) is 5.33. The van der Waals surface area contributed by atoms with Gasteiger partial charge < -0.3 is 9.47 Å². The zero-order valence-corrected chi connectivity index (χ0v) is 15.6. The molecule has 1 atom stereocenters. The second-order valence-corrected chi connectivity index (χ2v) is 7.81. The Morgan fingerprint density at radius 3 is 2.59 bits per heavy atom. The fourth-order valence-corrected chi connectivity index (χ4v) is 4.08. The minimum Gasteiger partial charge on any atom is -0.497 e. The van der Waals surface area contributed by atoms with Crippen molar-refractivity contribution in [3.63, 3.8) is 0 Å². The molecular weight excluding hydrogens is 375 g/mol. The van der Waals surface area contributed by atoms with Gasteiger partial charge in [0.15, 0.2) is 0 Å². The Labute approximate surface area is 156 Å². The molecule has 9 heteroatoms. The van der Waals surface area contributed by atoms with Crippen molar-refractivity contribution in [1.29, 1.82) is 0 Å². The van der Waals surface area contributed by atoms with Gasteiger partial charge in [0.2, 0.25) is 10.0 Å². The van der Waals surface area contributed by atoms with Gasteiger partial charge in [0, 0.05) is 12.2 Å². The van der Waals surface area contributed by atoms with Crippen molar-refractivity contribution in [1.82, 2.24) is 4.72 Å². The van der Waals surface area contributed by atoms with Crippen molar-refractivity contribution in [2.75, 3.05) is 25.1 Å². The van der Waals surface area contributed by atoms with Crippen molar-refractivity contribution in [3.8, 4) is 5.75 Å². The maximum atomic E-state index is 13.0. The number of hydrogen-bond acceptors (Lipinski definition) is 5. The number of carbonyl (C=O) groups is 1. The van der Waals surface area contributed by atoms with Crippen LogP contribution >= 0.6 is 0 Å². The van der Waals surface area contributed by atoms with Crippen LogP contribution in [-0.2, 0) is 14.8 Å². The number of benzene rings is 2. The van der Waals surface area contributed by atoms with E-state index in [2.05, 4.69) is 4.72 Å². The molecular formula is C18H19FN2O5S. The van der Waals surface area contributed by atoms with E-state index in [4.69, 9.17) is 9.47 Å². The Morgan fingerprint density at radius 2 is 1.96 bits per heavy atom. The maximum absolute atomic E-state index is 13.0. The van der Waals surface area contributed by atoms with E-state index in [1.807, 2.05) is 0 Å². The number of rotatable bonds is 6. The van der Waals surface area contributed by atoms with Gasteiger partial charge in [-0.25, -0.2) is 22.3 Å². The van der Waals surface area contributed by atoms with Crippen LogP contribution in [0.5, 0.6) is 5.75 Å². The molecule has 27 heavy (non-hydrogen) atoms. The van der Waals surface area contributed by atoms with Gasteiger partial charge in [-0.05, 0) is 55.0 Å². The number of nitrogens with one attached hydrogen (secondary N) is 1. The molecule has 0 bridgehead atoms. The minimum atomic E-state index is -3.77. The van der Waals surface area contributed by atoms with Crippen molar-refractivity contribution >= 4 is 21.8 Å².